The van der Waals surface area contributed by atoms with Crippen molar-refractivity contribution in [2.45, 2.75) is 77.3 Å². The first-order valence-corrected chi connectivity index (χ1v) is 26.3. The summed E-state index contributed by atoms with van der Waals surface area (Å²) in [6.45, 7) is 8.15. The Morgan fingerprint density at radius 2 is 1.01 bits per heavy atom. The molecule has 0 atom stereocenters. The van der Waals surface area contributed by atoms with E-state index >= 15 is 0 Å². The molecule has 4 aromatic heterocycles. The highest BCUT2D eigenvalue weighted by atomic mass is 32.1. The standard InChI is InChI=1S/2C26H29F2N5OS.CH2O2/c2*27-24(28)20-13-17(15-29)5-7-19(20)21-16-33-22-8-6-18(14-23(22)35-26(33)31-21)25(34)30-9-4-12-32-10-2-1-3-11-32;2-1-3/h2*5-8,13-14,16,24H,1-4,9-12,15,29H2,(H,30,34);1H,(H,2,3). The fourth-order valence-corrected chi connectivity index (χ4v) is 11.5. The Balaban J connectivity index is 0.000000185. The van der Waals surface area contributed by atoms with Crippen LogP contribution in [0.3, 0.4) is 0 Å². The van der Waals surface area contributed by atoms with Gasteiger partial charge in [-0.1, -0.05) is 59.8 Å². The van der Waals surface area contributed by atoms with E-state index in [4.69, 9.17) is 21.4 Å². The third kappa shape index (κ3) is 12.9. The van der Waals surface area contributed by atoms with E-state index in [0.29, 0.717) is 67.8 Å². The molecule has 0 unspecified atom stereocenters. The van der Waals surface area contributed by atoms with Crippen molar-refractivity contribution in [3.05, 3.63) is 119 Å². The third-order valence-electron chi connectivity index (χ3n) is 13.2. The number of piperidine rings is 2. The SMILES string of the molecule is NCc1ccc(-c2cn3c(n2)sc2cc(C(=O)NCCCN4CCCCC4)ccc23)c(C(F)F)c1.NCc1ccc(-c2cn3c(n2)sc2cc(C(=O)NCCCN4CCCCC4)ccc23)c(C(F)F)c1.O=CO. The number of halogens is 4. The molecule has 0 aliphatic carbocycles. The predicted octanol–water partition coefficient (Wildman–Crippen LogP) is 10.1. The summed E-state index contributed by atoms with van der Waals surface area (Å²) in [5.41, 5.74) is 17.2. The molecule has 0 radical (unpaired) electrons. The fraction of sp³-hybridized carbons (Fsp3) is 0.377. The number of carbonyl (C=O) groups is 3. The Labute approximate surface area is 428 Å². The van der Waals surface area contributed by atoms with Crippen LogP contribution in [0, 0.1) is 0 Å². The van der Waals surface area contributed by atoms with Crippen molar-refractivity contribution in [3.8, 4) is 22.5 Å². The van der Waals surface area contributed by atoms with E-state index < -0.39 is 12.9 Å². The van der Waals surface area contributed by atoms with Gasteiger partial charge in [-0.15, -0.1) is 0 Å². The van der Waals surface area contributed by atoms with Crippen LogP contribution in [0.15, 0.2) is 85.2 Å². The van der Waals surface area contributed by atoms with E-state index in [-0.39, 0.29) is 42.5 Å². The van der Waals surface area contributed by atoms with Crippen molar-refractivity contribution in [1.82, 2.24) is 39.2 Å². The lowest BCUT2D eigenvalue weighted by Gasteiger charge is -2.26. The van der Waals surface area contributed by atoms with E-state index in [0.717, 1.165) is 72.5 Å². The molecule has 2 aliphatic heterocycles. The molecule has 2 aliphatic rings. The first-order valence-electron chi connectivity index (χ1n) is 24.6. The summed E-state index contributed by atoms with van der Waals surface area (Å²) in [5.74, 6) is -0.169. The van der Waals surface area contributed by atoms with E-state index in [1.54, 1.807) is 48.8 Å². The molecule has 0 saturated carbocycles. The summed E-state index contributed by atoms with van der Waals surface area (Å²) < 4.78 is 60.3. The molecule has 6 heterocycles. The number of nitrogens with one attached hydrogen (secondary N) is 2. The number of nitrogens with zero attached hydrogens (tertiary/aromatic N) is 6. The number of thiazole rings is 2. The molecular formula is C53H60F4N10O4S2. The lowest BCUT2D eigenvalue weighted by Crippen LogP contribution is -2.33. The molecule has 2 saturated heterocycles. The molecule has 2 fully saturated rings. The number of hydrogen-bond acceptors (Lipinski definition) is 11. The molecule has 10 rings (SSSR count). The van der Waals surface area contributed by atoms with Gasteiger partial charge in [0.05, 0.1) is 31.8 Å². The Hall–Kier alpha value is -6.29. The van der Waals surface area contributed by atoms with Crippen molar-refractivity contribution in [3.63, 3.8) is 0 Å². The minimum Gasteiger partial charge on any atom is -0.483 e. The number of rotatable bonds is 16. The van der Waals surface area contributed by atoms with Crippen molar-refractivity contribution >= 4 is 71.3 Å². The summed E-state index contributed by atoms with van der Waals surface area (Å²) in [7, 11) is 0. The van der Waals surface area contributed by atoms with Gasteiger partial charge in [0, 0.05) is 72.0 Å². The maximum Gasteiger partial charge on any atom is 0.290 e. The summed E-state index contributed by atoms with van der Waals surface area (Å²) in [6, 6.07) is 20.8. The number of carbonyl (C=O) groups excluding carboxylic acids is 2. The first kappa shape index (κ1) is 53.0. The highest BCUT2D eigenvalue weighted by Gasteiger charge is 2.22. The molecule has 14 nitrogen and oxygen atoms in total. The molecule has 7 N–H and O–H groups in total. The summed E-state index contributed by atoms with van der Waals surface area (Å²) in [5, 5.41) is 12.9. The number of alkyl halides is 4. The summed E-state index contributed by atoms with van der Waals surface area (Å²) in [4.78, 5) is 49.2. The van der Waals surface area contributed by atoms with Crippen molar-refractivity contribution in [2.75, 3.05) is 52.4 Å². The van der Waals surface area contributed by atoms with Gasteiger partial charge in [-0.25, -0.2) is 27.5 Å². The summed E-state index contributed by atoms with van der Waals surface area (Å²) in [6.07, 6.45) is 7.92. The van der Waals surface area contributed by atoms with Gasteiger partial charge in [-0.05, 0) is 137 Å². The average molecular weight is 1040 g/mol. The van der Waals surface area contributed by atoms with Crippen LogP contribution in [-0.4, -0.2) is 104 Å². The minimum atomic E-state index is -2.62. The van der Waals surface area contributed by atoms with E-state index in [9.17, 15) is 27.2 Å². The van der Waals surface area contributed by atoms with Gasteiger partial charge >= 0.3 is 0 Å². The van der Waals surface area contributed by atoms with Crippen LogP contribution >= 0.6 is 22.7 Å². The molecule has 0 bridgehead atoms. The van der Waals surface area contributed by atoms with Crippen molar-refractivity contribution in [2.24, 2.45) is 11.5 Å². The van der Waals surface area contributed by atoms with Gasteiger partial charge in [0.15, 0.2) is 9.92 Å². The molecular weight excluding hydrogens is 981 g/mol. The van der Waals surface area contributed by atoms with Crippen molar-refractivity contribution in [1.29, 1.82) is 0 Å². The second kappa shape index (κ2) is 25.1. The number of likely N-dealkylation sites (tertiary alicyclic amines) is 2. The predicted molar refractivity (Wildman–Crippen MR) is 281 cm³/mol. The second-order valence-corrected chi connectivity index (χ2v) is 20.1. The maximum atomic E-state index is 13.7. The van der Waals surface area contributed by atoms with Gasteiger partial charge in [0.2, 0.25) is 0 Å². The van der Waals surface area contributed by atoms with E-state index in [2.05, 4.69) is 30.4 Å². The molecule has 4 aromatic carbocycles. The number of imidazole rings is 2. The minimum absolute atomic E-state index is 0.0674. The number of hydrogen-bond donors (Lipinski definition) is 5. The Morgan fingerprint density at radius 3 is 1.38 bits per heavy atom. The number of amides is 2. The molecule has 386 valence electrons. The van der Waals surface area contributed by atoms with Crippen molar-refractivity contribution < 1.29 is 37.1 Å². The van der Waals surface area contributed by atoms with Crippen LogP contribution in [0.2, 0.25) is 0 Å². The van der Waals surface area contributed by atoms with Gasteiger partial charge < -0.3 is 37.0 Å². The number of carboxylic acid groups (broad SMARTS) is 1. The fourth-order valence-electron chi connectivity index (χ4n) is 9.43. The topological polar surface area (TPSA) is 189 Å². The molecule has 73 heavy (non-hydrogen) atoms. The number of benzene rings is 4. The van der Waals surface area contributed by atoms with Crippen LogP contribution in [0.25, 0.3) is 52.9 Å². The van der Waals surface area contributed by atoms with E-state index in [1.807, 2.05) is 33.1 Å². The largest absolute Gasteiger partial charge is 0.483 e. The molecule has 20 heteroatoms. The number of aromatic nitrogens is 4. The quantitative estimate of drug-likeness (QED) is 0.0354. The third-order valence-corrected chi connectivity index (χ3v) is 15.2. The Kier molecular flexibility index (Phi) is 18.2. The molecule has 0 spiro atoms. The zero-order valence-corrected chi connectivity index (χ0v) is 42.0. The van der Waals surface area contributed by atoms with E-state index in [1.165, 1.54) is 73.3 Å². The lowest BCUT2D eigenvalue weighted by atomic mass is 10.0. The smallest absolute Gasteiger partial charge is 0.290 e. The van der Waals surface area contributed by atoms with Crippen LogP contribution in [-0.2, 0) is 17.9 Å². The monoisotopic (exact) mass is 1040 g/mol. The second-order valence-electron chi connectivity index (χ2n) is 18.1. The van der Waals surface area contributed by atoms with Crippen LogP contribution in [0.4, 0.5) is 17.6 Å². The first-order chi connectivity index (χ1) is 35.5. The van der Waals surface area contributed by atoms with Gasteiger partial charge in [0.25, 0.3) is 31.1 Å². The van der Waals surface area contributed by atoms with Gasteiger partial charge in [-0.3, -0.25) is 23.2 Å². The maximum absolute atomic E-state index is 13.7. The van der Waals surface area contributed by atoms with Gasteiger partial charge in [-0.2, -0.15) is 0 Å². The Bertz CT molecular complexity index is 2950. The van der Waals surface area contributed by atoms with Gasteiger partial charge in [0.1, 0.15) is 0 Å². The van der Waals surface area contributed by atoms with Crippen LogP contribution in [0.5, 0.6) is 0 Å². The summed E-state index contributed by atoms with van der Waals surface area (Å²) >= 11 is 2.87. The average Bonchev–Trinajstić information content (AvgIpc) is 4.19. The highest BCUT2D eigenvalue weighted by Crippen LogP contribution is 2.37. The van der Waals surface area contributed by atoms with Crippen LogP contribution in [0.1, 0.15) is 107 Å². The Morgan fingerprint density at radius 1 is 0.616 bits per heavy atom. The number of fused-ring (bicyclic) bond motifs is 6. The normalized spacial score (nSPS) is 14.4. The zero-order valence-electron chi connectivity index (χ0n) is 40.4. The van der Waals surface area contributed by atoms with Crippen LogP contribution < -0.4 is 22.1 Å². The molecule has 2 amide bonds. The lowest BCUT2D eigenvalue weighted by molar-refractivity contribution is -0.122. The highest BCUT2D eigenvalue weighted by molar-refractivity contribution is 7.24. The zero-order chi connectivity index (χ0) is 51.4. The number of nitrogens with two attached hydrogens (primary N) is 2. The molecule has 8 aromatic rings.